The number of rotatable bonds is 6. The minimum Gasteiger partial charge on any atom is -0.489 e. The molecule has 2 amide bonds. The molecule has 3 N–H and O–H groups in total. The van der Waals surface area contributed by atoms with Gasteiger partial charge in [0.15, 0.2) is 5.11 Å². The van der Waals surface area contributed by atoms with Crippen molar-refractivity contribution in [2.45, 2.75) is 0 Å². The zero-order chi connectivity index (χ0) is 18.8. The van der Waals surface area contributed by atoms with Crippen LogP contribution in [0.15, 0.2) is 60.5 Å². The average Bonchev–Trinajstić information content (AvgIpc) is 3.16. The van der Waals surface area contributed by atoms with Gasteiger partial charge in [0.2, 0.25) is 5.91 Å². The molecule has 0 bridgehead atoms. The molecule has 0 spiro atoms. The van der Waals surface area contributed by atoms with E-state index in [0.717, 1.165) is 4.88 Å². The first kappa shape index (κ1) is 19.4. The number of thiocarbonyl (C=S) groups is 1. The molecule has 0 saturated carbocycles. The van der Waals surface area contributed by atoms with Crippen LogP contribution < -0.4 is 20.9 Å². The van der Waals surface area contributed by atoms with Gasteiger partial charge >= 0.3 is 0 Å². The number of carbonyl (C=O) groups excluding carboxylic acids is 2. The molecule has 2 rings (SSSR count). The number of amides is 2. The van der Waals surface area contributed by atoms with E-state index in [1.807, 2.05) is 17.5 Å². The summed E-state index contributed by atoms with van der Waals surface area (Å²) in [6.45, 7) is 3.85. The van der Waals surface area contributed by atoms with Crippen LogP contribution in [0.5, 0.6) is 5.75 Å². The van der Waals surface area contributed by atoms with Crippen molar-refractivity contribution in [1.82, 2.24) is 16.2 Å². The summed E-state index contributed by atoms with van der Waals surface area (Å²) in [7, 11) is 0. The van der Waals surface area contributed by atoms with Crippen LogP contribution in [0, 0.1) is 0 Å². The fourth-order valence-corrected chi connectivity index (χ4v) is 2.61. The second-order valence-corrected chi connectivity index (χ2v) is 6.23. The highest BCUT2D eigenvalue weighted by Gasteiger charge is 2.12. The molecular weight excluding hydrogens is 370 g/mol. The van der Waals surface area contributed by atoms with Crippen molar-refractivity contribution in [2.24, 2.45) is 0 Å². The first-order valence-corrected chi connectivity index (χ1v) is 8.84. The third-order valence-corrected chi connectivity index (χ3v) is 4.00. The highest BCUT2D eigenvalue weighted by atomic mass is 32.1. The number of para-hydroxylation sites is 1. The first-order valence-electron chi connectivity index (χ1n) is 7.55. The summed E-state index contributed by atoms with van der Waals surface area (Å²) in [4.78, 5) is 25.0. The largest absolute Gasteiger partial charge is 0.489 e. The lowest BCUT2D eigenvalue weighted by molar-refractivity contribution is -0.115. The van der Waals surface area contributed by atoms with Crippen LogP contribution in [0.4, 0.5) is 0 Å². The van der Waals surface area contributed by atoms with E-state index in [9.17, 15) is 9.59 Å². The minimum atomic E-state index is -0.449. The Morgan fingerprint density at radius 2 is 2.00 bits per heavy atom. The molecule has 0 aliphatic heterocycles. The highest BCUT2D eigenvalue weighted by molar-refractivity contribution is 7.80. The van der Waals surface area contributed by atoms with Gasteiger partial charge in [-0.15, -0.1) is 11.3 Å². The molecule has 1 aromatic heterocycles. The first-order chi connectivity index (χ1) is 12.6. The van der Waals surface area contributed by atoms with Crippen LogP contribution in [0.1, 0.15) is 15.2 Å². The molecule has 0 fully saturated rings. The third-order valence-electron chi connectivity index (χ3n) is 2.96. The van der Waals surface area contributed by atoms with E-state index in [-0.39, 0.29) is 11.7 Å². The molecule has 0 saturated heterocycles. The number of thiophene rings is 1. The van der Waals surface area contributed by atoms with Gasteiger partial charge in [-0.1, -0.05) is 30.9 Å². The van der Waals surface area contributed by atoms with Gasteiger partial charge in [0.05, 0.1) is 5.56 Å². The Hall–Kier alpha value is -2.97. The Morgan fingerprint density at radius 3 is 2.73 bits per heavy atom. The van der Waals surface area contributed by atoms with E-state index >= 15 is 0 Å². The summed E-state index contributed by atoms with van der Waals surface area (Å²) in [6, 6.07) is 10.5. The second-order valence-electron chi connectivity index (χ2n) is 4.84. The van der Waals surface area contributed by atoms with E-state index in [0.29, 0.717) is 11.3 Å². The molecule has 0 unspecified atom stereocenters. The zero-order valence-electron chi connectivity index (χ0n) is 13.7. The van der Waals surface area contributed by atoms with Crippen molar-refractivity contribution in [2.75, 3.05) is 6.61 Å². The lowest BCUT2D eigenvalue weighted by Crippen LogP contribution is -2.48. The summed E-state index contributed by atoms with van der Waals surface area (Å²) in [6.07, 6.45) is 4.62. The maximum Gasteiger partial charge on any atom is 0.273 e. The van der Waals surface area contributed by atoms with Gasteiger partial charge < -0.3 is 4.74 Å². The van der Waals surface area contributed by atoms with E-state index in [4.69, 9.17) is 17.0 Å². The van der Waals surface area contributed by atoms with Gasteiger partial charge in [-0.3, -0.25) is 25.8 Å². The Morgan fingerprint density at radius 1 is 1.19 bits per heavy atom. The molecule has 1 aromatic carbocycles. The van der Waals surface area contributed by atoms with Gasteiger partial charge in [0.1, 0.15) is 12.4 Å². The van der Waals surface area contributed by atoms with Crippen LogP contribution in [-0.2, 0) is 4.79 Å². The van der Waals surface area contributed by atoms with E-state index < -0.39 is 11.8 Å². The Bertz CT molecular complexity index is 817. The molecule has 1 heterocycles. The molecule has 26 heavy (non-hydrogen) atoms. The predicted octanol–water partition coefficient (Wildman–Crippen LogP) is 2.66. The third kappa shape index (κ3) is 6.15. The maximum atomic E-state index is 12.2. The Balaban J connectivity index is 1.84. The molecule has 8 heteroatoms. The molecule has 0 radical (unpaired) electrons. The van der Waals surface area contributed by atoms with Gasteiger partial charge in [-0.25, -0.2) is 0 Å². The van der Waals surface area contributed by atoms with Crippen molar-refractivity contribution >= 4 is 46.6 Å². The van der Waals surface area contributed by atoms with E-state index in [1.165, 1.54) is 17.4 Å². The fraction of sp³-hybridized carbons (Fsp3) is 0.0556. The van der Waals surface area contributed by atoms with Crippen LogP contribution in [0.2, 0.25) is 0 Å². The smallest absolute Gasteiger partial charge is 0.273 e. The minimum absolute atomic E-state index is 0.0244. The average molecular weight is 387 g/mol. The quantitative estimate of drug-likeness (QED) is 0.307. The van der Waals surface area contributed by atoms with Crippen molar-refractivity contribution in [1.29, 1.82) is 0 Å². The van der Waals surface area contributed by atoms with E-state index in [1.54, 1.807) is 36.4 Å². The normalized spacial score (nSPS) is 10.2. The topological polar surface area (TPSA) is 79.5 Å². The number of carbonyl (C=O) groups is 2. The zero-order valence-corrected chi connectivity index (χ0v) is 15.4. The van der Waals surface area contributed by atoms with Crippen LogP contribution >= 0.6 is 23.6 Å². The van der Waals surface area contributed by atoms with E-state index in [2.05, 4.69) is 22.7 Å². The van der Waals surface area contributed by atoms with Gasteiger partial charge in [0.25, 0.3) is 5.91 Å². The number of nitrogens with one attached hydrogen (secondary N) is 3. The van der Waals surface area contributed by atoms with Crippen molar-refractivity contribution in [3.8, 4) is 5.75 Å². The summed E-state index contributed by atoms with van der Waals surface area (Å²) in [5, 5.41) is 4.33. The summed E-state index contributed by atoms with van der Waals surface area (Å²) >= 11 is 6.49. The molecular formula is C18H17N3O3S2. The number of hydrazine groups is 1. The van der Waals surface area contributed by atoms with Gasteiger partial charge in [0, 0.05) is 11.0 Å². The molecule has 0 aliphatic carbocycles. The predicted molar refractivity (Wildman–Crippen MR) is 107 cm³/mol. The SMILES string of the molecule is C=CCOc1ccccc1C(=O)NNC(=S)NC(=O)/C=C/c1cccs1. The van der Waals surface area contributed by atoms with Crippen molar-refractivity contribution < 1.29 is 14.3 Å². The summed E-state index contributed by atoms with van der Waals surface area (Å²) in [5.74, 6) is -0.434. The number of benzene rings is 1. The number of hydrogen-bond donors (Lipinski definition) is 3. The Labute approximate surface area is 160 Å². The second kappa shape index (κ2) is 10.1. The van der Waals surface area contributed by atoms with Crippen LogP contribution in [0.25, 0.3) is 6.08 Å². The van der Waals surface area contributed by atoms with Crippen molar-refractivity contribution in [3.05, 3.63) is 70.9 Å². The fourth-order valence-electron chi connectivity index (χ4n) is 1.84. The monoisotopic (exact) mass is 387 g/mol. The Kier molecular flexibility index (Phi) is 7.53. The van der Waals surface area contributed by atoms with Crippen LogP contribution in [0.3, 0.4) is 0 Å². The molecule has 134 valence electrons. The summed E-state index contributed by atoms with van der Waals surface area (Å²) in [5.41, 5.74) is 5.23. The number of hydrogen-bond acceptors (Lipinski definition) is 5. The standard InChI is InChI=1S/C18H17N3O3S2/c1-2-11-24-15-8-4-3-7-14(15)17(23)20-21-18(25)19-16(22)10-9-13-6-5-12-26-13/h2-10,12H,1,11H2,(H,20,23)(H2,19,21,22,25)/b10-9+. The van der Waals surface area contributed by atoms with Crippen LogP contribution in [-0.4, -0.2) is 23.5 Å². The van der Waals surface area contributed by atoms with Gasteiger partial charge in [-0.05, 0) is 41.9 Å². The molecule has 0 aliphatic rings. The highest BCUT2D eigenvalue weighted by Crippen LogP contribution is 2.17. The maximum absolute atomic E-state index is 12.2. The lowest BCUT2D eigenvalue weighted by atomic mass is 10.2. The molecule has 0 atom stereocenters. The number of ether oxygens (including phenoxy) is 1. The van der Waals surface area contributed by atoms with Gasteiger partial charge in [-0.2, -0.15) is 0 Å². The molecule has 6 nitrogen and oxygen atoms in total. The lowest BCUT2D eigenvalue weighted by Gasteiger charge is -2.12. The van der Waals surface area contributed by atoms with Crippen molar-refractivity contribution in [3.63, 3.8) is 0 Å². The summed E-state index contributed by atoms with van der Waals surface area (Å²) < 4.78 is 5.43. The molecule has 2 aromatic rings.